The minimum Gasteiger partial charge on any atom is -0.508 e. The maximum Gasteiger partial charge on any atom is 0.419 e. The second-order valence-corrected chi connectivity index (χ2v) is 6.42. The highest BCUT2D eigenvalue weighted by Gasteiger charge is 2.58. The number of halogens is 3. The van der Waals surface area contributed by atoms with E-state index in [-0.39, 0.29) is 17.0 Å². The fourth-order valence-corrected chi connectivity index (χ4v) is 3.35. The lowest BCUT2D eigenvalue weighted by atomic mass is 9.84. The quantitative estimate of drug-likeness (QED) is 0.744. The third-order valence-electron chi connectivity index (χ3n) is 4.66. The Morgan fingerprint density at radius 2 is 2.04 bits per heavy atom. The van der Waals surface area contributed by atoms with Gasteiger partial charge in [-0.05, 0) is 35.4 Å². The van der Waals surface area contributed by atoms with E-state index in [4.69, 9.17) is 4.74 Å². The molecule has 27 heavy (non-hydrogen) atoms. The zero-order valence-corrected chi connectivity index (χ0v) is 13.9. The summed E-state index contributed by atoms with van der Waals surface area (Å²) in [6, 6.07) is 7.72. The number of phenolic OH excluding ortho intramolecular Hbond substituents is 1. The van der Waals surface area contributed by atoms with Crippen LogP contribution in [0.5, 0.6) is 11.5 Å². The Hall–Kier alpha value is -3.16. The predicted octanol–water partition coefficient (Wildman–Crippen LogP) is 3.93. The number of aromatic hydroxyl groups is 1. The van der Waals surface area contributed by atoms with Gasteiger partial charge in [-0.1, -0.05) is 18.2 Å². The van der Waals surface area contributed by atoms with Gasteiger partial charge in [0.1, 0.15) is 11.5 Å². The van der Waals surface area contributed by atoms with Gasteiger partial charge in [-0.15, -0.1) is 0 Å². The number of fused-ring (bicyclic) bond motifs is 2. The second-order valence-electron chi connectivity index (χ2n) is 6.42. The molecule has 2 heterocycles. The summed E-state index contributed by atoms with van der Waals surface area (Å²) in [5, 5.41) is 14.0. The van der Waals surface area contributed by atoms with Crippen molar-refractivity contribution in [1.82, 2.24) is 5.32 Å². The molecule has 0 saturated carbocycles. The predicted molar refractivity (Wildman–Crippen MR) is 92.7 cm³/mol. The van der Waals surface area contributed by atoms with Gasteiger partial charge in [0.25, 0.3) is 0 Å². The molecule has 140 valence electrons. The number of benzene rings is 2. The zero-order chi connectivity index (χ0) is 19.2. The molecule has 2 amide bonds. The number of urea groups is 1. The van der Waals surface area contributed by atoms with E-state index in [1.54, 1.807) is 6.07 Å². The molecule has 0 spiro atoms. The highest BCUT2D eigenvalue weighted by Crippen LogP contribution is 2.47. The second kappa shape index (κ2) is 5.94. The Balaban J connectivity index is 1.89. The summed E-state index contributed by atoms with van der Waals surface area (Å²) < 4.78 is 48.0. The third-order valence-corrected chi connectivity index (χ3v) is 4.66. The highest BCUT2D eigenvalue weighted by molar-refractivity contribution is 5.95. The van der Waals surface area contributed by atoms with Gasteiger partial charge in [-0.25, -0.2) is 4.79 Å². The Morgan fingerprint density at radius 1 is 1.22 bits per heavy atom. The number of carbonyl (C=O) groups excluding carboxylic acids is 1. The Morgan fingerprint density at radius 3 is 2.78 bits per heavy atom. The lowest BCUT2D eigenvalue weighted by Gasteiger charge is -2.39. The van der Waals surface area contributed by atoms with Crippen molar-refractivity contribution in [3.8, 4) is 11.5 Å². The monoisotopic (exact) mass is 376 g/mol. The maximum atomic E-state index is 14.2. The SMILES string of the molecule is O=C1Nc2cc3c(cc2[C@@](/C=C/c2cccc(O)c2)(C(F)(F)F)N1)CCO3. The lowest BCUT2D eigenvalue weighted by Crippen LogP contribution is -2.58. The van der Waals surface area contributed by atoms with Crippen molar-refractivity contribution in [3.63, 3.8) is 0 Å². The molecule has 4 rings (SSSR count). The standard InChI is InChI=1S/C19H15F3N2O3/c20-19(21,22)18(6-4-11-2-1-3-13(25)8-11)14-9-12-5-7-27-16(12)10-15(14)23-17(26)24-18/h1-4,6,8-10,25H,5,7H2,(H2,23,24,26)/b6-4+/t18-/m0/s1. The first kappa shape index (κ1) is 17.3. The lowest BCUT2D eigenvalue weighted by molar-refractivity contribution is -0.181. The van der Waals surface area contributed by atoms with Crippen molar-refractivity contribution in [1.29, 1.82) is 0 Å². The van der Waals surface area contributed by atoms with Gasteiger partial charge < -0.3 is 20.5 Å². The molecule has 3 N–H and O–H groups in total. The van der Waals surface area contributed by atoms with E-state index in [1.165, 1.54) is 36.4 Å². The molecule has 0 radical (unpaired) electrons. The molecule has 0 saturated heterocycles. The largest absolute Gasteiger partial charge is 0.508 e. The molecule has 0 fully saturated rings. The Labute approximate surface area is 152 Å². The number of hydrogen-bond acceptors (Lipinski definition) is 3. The summed E-state index contributed by atoms with van der Waals surface area (Å²) in [4.78, 5) is 12.0. The van der Waals surface area contributed by atoms with E-state index >= 15 is 0 Å². The van der Waals surface area contributed by atoms with Crippen LogP contribution in [0.2, 0.25) is 0 Å². The van der Waals surface area contributed by atoms with Crippen LogP contribution in [0.15, 0.2) is 42.5 Å². The molecule has 8 heteroatoms. The van der Waals surface area contributed by atoms with E-state index < -0.39 is 17.7 Å². The van der Waals surface area contributed by atoms with Crippen LogP contribution in [0.4, 0.5) is 23.7 Å². The van der Waals surface area contributed by atoms with Crippen LogP contribution in [0.3, 0.4) is 0 Å². The number of ether oxygens (including phenoxy) is 1. The number of hydrogen-bond donors (Lipinski definition) is 3. The number of alkyl halides is 3. The van der Waals surface area contributed by atoms with Crippen LogP contribution >= 0.6 is 0 Å². The molecular formula is C19H15F3N2O3. The van der Waals surface area contributed by atoms with Crippen LogP contribution in [0.25, 0.3) is 6.08 Å². The third kappa shape index (κ3) is 2.87. The van der Waals surface area contributed by atoms with E-state index in [0.717, 1.165) is 6.08 Å². The summed E-state index contributed by atoms with van der Waals surface area (Å²) in [6.45, 7) is 0.387. The van der Waals surface area contributed by atoms with Crippen LogP contribution in [-0.4, -0.2) is 23.9 Å². The summed E-state index contributed by atoms with van der Waals surface area (Å²) in [5.41, 5.74) is -1.72. The van der Waals surface area contributed by atoms with E-state index in [2.05, 4.69) is 5.32 Å². The minimum absolute atomic E-state index is 0.0530. The average Bonchev–Trinajstić information content (AvgIpc) is 3.04. The van der Waals surface area contributed by atoms with Crippen LogP contribution in [-0.2, 0) is 12.0 Å². The molecule has 0 aromatic heterocycles. The highest BCUT2D eigenvalue weighted by atomic mass is 19.4. The molecule has 0 bridgehead atoms. The van der Waals surface area contributed by atoms with Crippen LogP contribution in [0.1, 0.15) is 16.7 Å². The first-order valence-corrected chi connectivity index (χ1v) is 8.23. The molecule has 5 nitrogen and oxygen atoms in total. The average molecular weight is 376 g/mol. The van der Waals surface area contributed by atoms with E-state index in [9.17, 15) is 23.1 Å². The van der Waals surface area contributed by atoms with Crippen LogP contribution in [0, 0.1) is 0 Å². The van der Waals surface area contributed by atoms with Gasteiger partial charge in [0, 0.05) is 18.1 Å². The smallest absolute Gasteiger partial charge is 0.419 e. The van der Waals surface area contributed by atoms with Gasteiger partial charge in [-0.3, -0.25) is 0 Å². The van der Waals surface area contributed by atoms with Crippen molar-refractivity contribution in [2.24, 2.45) is 0 Å². The normalized spacial score (nSPS) is 21.2. The van der Waals surface area contributed by atoms with Gasteiger partial charge in [0.05, 0.1) is 12.3 Å². The van der Waals surface area contributed by atoms with Crippen molar-refractivity contribution >= 4 is 17.8 Å². The first-order chi connectivity index (χ1) is 12.8. The topological polar surface area (TPSA) is 70.6 Å². The maximum absolute atomic E-state index is 14.2. The Bertz CT molecular complexity index is 956. The molecule has 2 aliphatic heterocycles. The molecule has 2 aliphatic rings. The molecule has 2 aromatic carbocycles. The van der Waals surface area contributed by atoms with Crippen molar-refractivity contribution in [2.75, 3.05) is 11.9 Å². The summed E-state index contributed by atoms with van der Waals surface area (Å²) in [5.74, 6) is 0.409. The Kier molecular flexibility index (Phi) is 3.80. The van der Waals surface area contributed by atoms with E-state index in [1.807, 2.05) is 5.32 Å². The van der Waals surface area contributed by atoms with Gasteiger partial charge in [0.2, 0.25) is 0 Å². The molecular weight excluding hydrogens is 361 g/mol. The van der Waals surface area contributed by atoms with Gasteiger partial charge >= 0.3 is 12.2 Å². The van der Waals surface area contributed by atoms with Gasteiger partial charge in [0.15, 0.2) is 5.54 Å². The molecule has 0 unspecified atom stereocenters. The van der Waals surface area contributed by atoms with Crippen molar-refractivity contribution in [3.05, 3.63) is 59.2 Å². The number of carbonyl (C=O) groups is 1. The summed E-state index contributed by atoms with van der Waals surface area (Å²) >= 11 is 0. The summed E-state index contributed by atoms with van der Waals surface area (Å²) in [7, 11) is 0. The van der Waals surface area contributed by atoms with Gasteiger partial charge in [-0.2, -0.15) is 13.2 Å². The van der Waals surface area contributed by atoms with E-state index in [0.29, 0.717) is 29.9 Å². The zero-order valence-electron chi connectivity index (χ0n) is 13.9. The number of nitrogens with one attached hydrogen (secondary N) is 2. The number of amides is 2. The minimum atomic E-state index is -4.79. The first-order valence-electron chi connectivity index (χ1n) is 8.23. The van der Waals surface area contributed by atoms with Crippen molar-refractivity contribution < 1.29 is 27.8 Å². The molecule has 2 aromatic rings. The number of rotatable bonds is 2. The number of anilines is 1. The fraction of sp³-hybridized carbons (Fsp3) is 0.211. The molecule has 1 atom stereocenters. The van der Waals surface area contributed by atoms with Crippen LogP contribution < -0.4 is 15.4 Å². The summed E-state index contributed by atoms with van der Waals surface area (Å²) in [6.07, 6.45) is -2.16. The number of phenols is 1. The van der Waals surface area contributed by atoms with Crippen molar-refractivity contribution in [2.45, 2.75) is 18.1 Å². The molecule has 0 aliphatic carbocycles. The fourth-order valence-electron chi connectivity index (χ4n) is 3.35.